The number of ether oxygens (including phenoxy) is 2. The average Bonchev–Trinajstić information content (AvgIpc) is 3.60. The third kappa shape index (κ3) is 75.7. The average molecular weight is 1280 g/mol. The zero-order valence-electron chi connectivity index (χ0n) is 60.7. The standard InChI is InChI=1S/C79H156NO8P/c1-6-8-10-12-14-16-18-20-22-24-26-28-30-32-34-36-37-38-39-40-41-42-44-45-47-49-51-53-55-57-59-61-63-65-67-69-71-78(81)85-75-77(76-87-89(83,84)86-74-73-80(3,4)5)88-79(82)72-70-68-66-64-62-60-58-56-54-52-50-48-46-43-35-33-31-29-27-25-23-21-19-17-15-13-11-9-7-2/h25,27,77H,6-24,26,28-76H2,1-5H3/b27-25-. The van der Waals surface area contributed by atoms with Crippen molar-refractivity contribution >= 4 is 19.8 Å². The minimum Gasteiger partial charge on any atom is -0.756 e. The molecule has 2 atom stereocenters. The Morgan fingerprint density at radius 1 is 0.337 bits per heavy atom. The van der Waals surface area contributed by atoms with Gasteiger partial charge in [-0.05, 0) is 38.5 Å². The fraction of sp³-hybridized carbons (Fsp3) is 0.949. The number of rotatable bonds is 76. The van der Waals surface area contributed by atoms with Gasteiger partial charge in [0.25, 0.3) is 7.82 Å². The maximum atomic E-state index is 12.9. The molecule has 0 aromatic heterocycles. The molecule has 530 valence electrons. The van der Waals surface area contributed by atoms with Crippen LogP contribution in [0.2, 0.25) is 0 Å². The van der Waals surface area contributed by atoms with Crippen molar-refractivity contribution in [1.82, 2.24) is 0 Å². The lowest BCUT2D eigenvalue weighted by Gasteiger charge is -2.28. The first-order valence-corrected chi connectivity index (χ1v) is 41.4. The second-order valence-electron chi connectivity index (χ2n) is 28.8. The van der Waals surface area contributed by atoms with E-state index in [1.54, 1.807) is 0 Å². The second-order valence-corrected chi connectivity index (χ2v) is 30.2. The minimum absolute atomic E-state index is 0.0259. The van der Waals surface area contributed by atoms with E-state index in [1.807, 2.05) is 21.1 Å². The van der Waals surface area contributed by atoms with Crippen molar-refractivity contribution in [3.05, 3.63) is 12.2 Å². The van der Waals surface area contributed by atoms with E-state index < -0.39 is 26.5 Å². The van der Waals surface area contributed by atoms with Crippen LogP contribution in [0.3, 0.4) is 0 Å². The molecule has 0 fully saturated rings. The molecule has 0 aliphatic heterocycles. The molecule has 0 aliphatic rings. The molecule has 0 spiro atoms. The molecule has 9 nitrogen and oxygen atoms in total. The molecular weight excluding hydrogens is 1120 g/mol. The van der Waals surface area contributed by atoms with E-state index in [4.69, 9.17) is 18.5 Å². The van der Waals surface area contributed by atoms with Gasteiger partial charge >= 0.3 is 11.9 Å². The number of phosphoric ester groups is 1. The third-order valence-electron chi connectivity index (χ3n) is 18.5. The van der Waals surface area contributed by atoms with Gasteiger partial charge in [-0.25, -0.2) is 0 Å². The lowest BCUT2D eigenvalue weighted by atomic mass is 10.0. The number of esters is 2. The summed E-state index contributed by atoms with van der Waals surface area (Å²) in [6.45, 7) is 4.34. The lowest BCUT2D eigenvalue weighted by molar-refractivity contribution is -0.870. The molecule has 89 heavy (non-hydrogen) atoms. The molecule has 0 amide bonds. The normalized spacial score (nSPS) is 13.0. The van der Waals surface area contributed by atoms with Crippen LogP contribution in [-0.2, 0) is 32.7 Å². The number of phosphoric acid groups is 1. The highest BCUT2D eigenvalue weighted by molar-refractivity contribution is 7.45. The van der Waals surface area contributed by atoms with Crippen LogP contribution in [0.15, 0.2) is 12.2 Å². The molecule has 0 bridgehead atoms. The Hall–Kier alpha value is -1.25. The molecule has 0 aromatic carbocycles. The Bertz CT molecular complexity index is 1500. The Morgan fingerprint density at radius 3 is 0.831 bits per heavy atom. The zero-order chi connectivity index (χ0) is 64.8. The summed E-state index contributed by atoms with van der Waals surface area (Å²) in [5.41, 5.74) is 0. The second kappa shape index (κ2) is 71.1. The molecule has 0 radical (unpaired) electrons. The summed E-state index contributed by atoms with van der Waals surface area (Å²) in [4.78, 5) is 38.2. The number of unbranched alkanes of at least 4 members (excludes halogenated alkanes) is 60. The van der Waals surface area contributed by atoms with Gasteiger partial charge in [0.15, 0.2) is 6.10 Å². The van der Waals surface area contributed by atoms with Crippen LogP contribution in [0.1, 0.15) is 431 Å². The quantitative estimate of drug-likeness (QED) is 0.0195. The minimum atomic E-state index is -4.64. The molecular formula is C79H156NO8P. The van der Waals surface area contributed by atoms with Crippen LogP contribution in [-0.4, -0.2) is 70.0 Å². The number of allylic oxidation sites excluding steroid dienone is 2. The highest BCUT2D eigenvalue weighted by Crippen LogP contribution is 2.38. The SMILES string of the molecule is CCCCCCCCCC/C=C\CCCCCCCCCCCCCCCCCCCC(=O)OC(COC(=O)CCCCCCCCCCCCCCCCCCCCCCCCCCCCCCCCCCCCCC)COP(=O)([O-])OCC[N+](C)(C)C. The summed E-state index contributed by atoms with van der Waals surface area (Å²) in [6, 6.07) is 0. The van der Waals surface area contributed by atoms with E-state index in [-0.39, 0.29) is 32.0 Å². The number of likely N-dealkylation sites (N-methyl/N-ethyl adjacent to an activating group) is 1. The van der Waals surface area contributed by atoms with Crippen molar-refractivity contribution < 1.29 is 42.1 Å². The van der Waals surface area contributed by atoms with Crippen LogP contribution in [0.5, 0.6) is 0 Å². The van der Waals surface area contributed by atoms with E-state index in [2.05, 4.69) is 26.0 Å². The predicted octanol–water partition coefficient (Wildman–Crippen LogP) is 25.6. The van der Waals surface area contributed by atoms with Gasteiger partial charge in [-0.2, -0.15) is 0 Å². The molecule has 0 heterocycles. The van der Waals surface area contributed by atoms with Gasteiger partial charge in [-0.15, -0.1) is 0 Å². The van der Waals surface area contributed by atoms with E-state index >= 15 is 0 Å². The molecule has 0 N–H and O–H groups in total. The van der Waals surface area contributed by atoms with Crippen LogP contribution in [0, 0.1) is 0 Å². The van der Waals surface area contributed by atoms with Gasteiger partial charge in [0, 0.05) is 12.8 Å². The summed E-state index contributed by atoms with van der Waals surface area (Å²) in [5.74, 6) is -0.804. The highest BCUT2D eigenvalue weighted by atomic mass is 31.2. The molecule has 0 rings (SSSR count). The number of hydrogen-bond donors (Lipinski definition) is 0. The number of quaternary nitrogens is 1. The van der Waals surface area contributed by atoms with Crippen molar-refractivity contribution in [2.24, 2.45) is 0 Å². The molecule has 10 heteroatoms. The molecule has 0 aliphatic carbocycles. The summed E-state index contributed by atoms with van der Waals surface area (Å²) in [5, 5.41) is 0. The summed E-state index contributed by atoms with van der Waals surface area (Å²) in [6.07, 6.45) is 89.2. The first-order valence-electron chi connectivity index (χ1n) is 39.9. The first-order chi connectivity index (χ1) is 43.5. The number of hydrogen-bond acceptors (Lipinski definition) is 8. The van der Waals surface area contributed by atoms with Crippen molar-refractivity contribution in [3.8, 4) is 0 Å². The fourth-order valence-electron chi connectivity index (χ4n) is 12.4. The van der Waals surface area contributed by atoms with Crippen LogP contribution in [0.25, 0.3) is 0 Å². The first kappa shape index (κ1) is 87.8. The van der Waals surface area contributed by atoms with Crippen LogP contribution >= 0.6 is 7.82 Å². The van der Waals surface area contributed by atoms with Crippen molar-refractivity contribution in [2.45, 2.75) is 437 Å². The summed E-state index contributed by atoms with van der Waals surface area (Å²) >= 11 is 0. The Labute approximate surface area is 556 Å². The Morgan fingerprint density at radius 2 is 0.573 bits per heavy atom. The highest BCUT2D eigenvalue weighted by Gasteiger charge is 2.22. The Kier molecular flexibility index (Phi) is 70.1. The number of carbonyl (C=O) groups is 2. The maximum absolute atomic E-state index is 12.9. The van der Waals surface area contributed by atoms with Gasteiger partial charge in [-0.1, -0.05) is 392 Å². The number of carbonyl (C=O) groups excluding carboxylic acids is 2. The van der Waals surface area contributed by atoms with Gasteiger partial charge in [0.05, 0.1) is 27.7 Å². The smallest absolute Gasteiger partial charge is 0.306 e. The van der Waals surface area contributed by atoms with E-state index in [0.29, 0.717) is 17.4 Å². The largest absolute Gasteiger partial charge is 0.756 e. The van der Waals surface area contributed by atoms with Gasteiger partial charge < -0.3 is 27.9 Å². The van der Waals surface area contributed by atoms with Gasteiger partial charge in [0.1, 0.15) is 19.8 Å². The zero-order valence-corrected chi connectivity index (χ0v) is 61.6. The van der Waals surface area contributed by atoms with Gasteiger partial charge in [-0.3, -0.25) is 14.2 Å². The van der Waals surface area contributed by atoms with E-state index in [1.165, 1.54) is 366 Å². The maximum Gasteiger partial charge on any atom is 0.306 e. The lowest BCUT2D eigenvalue weighted by Crippen LogP contribution is -2.37. The summed E-state index contributed by atoms with van der Waals surface area (Å²) < 4.78 is 34.4. The monoisotopic (exact) mass is 1280 g/mol. The third-order valence-corrected chi connectivity index (χ3v) is 19.5. The number of nitrogens with zero attached hydrogens (tertiary/aromatic N) is 1. The molecule has 2 unspecified atom stereocenters. The fourth-order valence-corrected chi connectivity index (χ4v) is 13.2. The van der Waals surface area contributed by atoms with Crippen LogP contribution < -0.4 is 4.89 Å². The Balaban J connectivity index is 3.89. The van der Waals surface area contributed by atoms with Crippen molar-refractivity contribution in [3.63, 3.8) is 0 Å². The van der Waals surface area contributed by atoms with Crippen LogP contribution in [0.4, 0.5) is 0 Å². The van der Waals surface area contributed by atoms with E-state index in [9.17, 15) is 19.0 Å². The molecule has 0 saturated heterocycles. The summed E-state index contributed by atoms with van der Waals surface area (Å²) in [7, 11) is 1.20. The van der Waals surface area contributed by atoms with E-state index in [0.717, 1.165) is 32.1 Å². The predicted molar refractivity (Wildman–Crippen MR) is 384 cm³/mol. The van der Waals surface area contributed by atoms with Gasteiger partial charge in [0.2, 0.25) is 0 Å². The molecule has 0 aromatic rings. The van der Waals surface area contributed by atoms with Crippen molar-refractivity contribution in [1.29, 1.82) is 0 Å². The topological polar surface area (TPSA) is 111 Å². The molecule has 0 saturated carbocycles. The van der Waals surface area contributed by atoms with Crippen molar-refractivity contribution in [2.75, 3.05) is 47.5 Å².